The van der Waals surface area contributed by atoms with Gasteiger partial charge in [-0.15, -0.1) is 0 Å². The molecule has 4 rings (SSSR count). The number of likely N-dealkylation sites (tertiary alicyclic amines) is 1. The number of rotatable bonds is 4. The summed E-state index contributed by atoms with van der Waals surface area (Å²) in [5.74, 6) is 2.94. The smallest absolute Gasteiger partial charge is 0.224 e. The third kappa shape index (κ3) is 4.27. The molecule has 2 aliphatic carbocycles. The largest absolute Gasteiger partial charge is 0.340 e. The maximum atomic E-state index is 12.7. The van der Waals surface area contributed by atoms with Gasteiger partial charge in [0, 0.05) is 18.5 Å². The first-order chi connectivity index (χ1) is 12.7. The van der Waals surface area contributed by atoms with Crippen molar-refractivity contribution in [1.82, 2.24) is 15.5 Å². The Morgan fingerprint density at radius 3 is 2.62 bits per heavy atom. The van der Waals surface area contributed by atoms with Crippen LogP contribution in [-0.4, -0.2) is 42.6 Å². The molecule has 0 aromatic heterocycles. The van der Waals surface area contributed by atoms with Gasteiger partial charge in [-0.1, -0.05) is 19.8 Å². The Balaban J connectivity index is 1.21. The van der Waals surface area contributed by atoms with Crippen molar-refractivity contribution in [2.75, 3.05) is 19.6 Å². The van der Waals surface area contributed by atoms with Crippen LogP contribution in [0, 0.1) is 23.7 Å². The maximum absolute atomic E-state index is 12.7. The molecule has 0 aromatic rings. The summed E-state index contributed by atoms with van der Waals surface area (Å²) in [4.78, 5) is 15.5. The lowest BCUT2D eigenvalue weighted by molar-refractivity contribution is -0.127. The Hall–Kier alpha value is -0.610. The van der Waals surface area contributed by atoms with Gasteiger partial charge in [-0.05, 0) is 88.6 Å². The third-order valence-corrected chi connectivity index (χ3v) is 7.90. The minimum atomic E-state index is 0.196. The van der Waals surface area contributed by atoms with Crippen molar-refractivity contribution in [1.29, 1.82) is 0 Å². The molecular weight excluding hydrogens is 322 g/mol. The first kappa shape index (κ1) is 18.7. The van der Waals surface area contributed by atoms with Crippen LogP contribution in [0.2, 0.25) is 0 Å². The quantitative estimate of drug-likeness (QED) is 0.805. The van der Waals surface area contributed by atoms with E-state index in [-0.39, 0.29) is 12.1 Å². The predicted molar refractivity (Wildman–Crippen MR) is 106 cm³/mol. The lowest BCUT2D eigenvalue weighted by Crippen LogP contribution is -2.53. The highest BCUT2D eigenvalue weighted by molar-refractivity contribution is 5.79. The van der Waals surface area contributed by atoms with Gasteiger partial charge in [0.1, 0.15) is 0 Å². The molecular formula is C22H39N3O. The summed E-state index contributed by atoms with van der Waals surface area (Å²) < 4.78 is 0. The molecule has 4 heteroatoms. The Kier molecular flexibility index (Phi) is 6.20. The van der Waals surface area contributed by atoms with Crippen LogP contribution in [0.25, 0.3) is 0 Å². The van der Waals surface area contributed by atoms with Crippen LogP contribution in [0.1, 0.15) is 77.6 Å². The predicted octanol–water partition coefficient (Wildman–Crippen LogP) is 3.52. The van der Waals surface area contributed by atoms with Gasteiger partial charge in [0.05, 0.1) is 6.17 Å². The summed E-state index contributed by atoms with van der Waals surface area (Å²) in [6, 6.07) is 0.892. The number of amides is 1. The zero-order valence-electron chi connectivity index (χ0n) is 16.7. The summed E-state index contributed by atoms with van der Waals surface area (Å²) in [6.45, 7) is 5.93. The van der Waals surface area contributed by atoms with Crippen LogP contribution in [0.4, 0.5) is 0 Å². The van der Waals surface area contributed by atoms with Gasteiger partial charge in [-0.3, -0.25) is 15.0 Å². The summed E-state index contributed by atoms with van der Waals surface area (Å²) in [7, 11) is 0. The number of nitrogens with zero attached hydrogens (tertiary/aromatic N) is 1. The molecule has 0 bridgehead atoms. The lowest BCUT2D eigenvalue weighted by atomic mass is 9.80. The summed E-state index contributed by atoms with van der Waals surface area (Å²) >= 11 is 0. The number of nitrogens with one attached hydrogen (secondary N) is 2. The summed E-state index contributed by atoms with van der Waals surface area (Å²) in [5, 5.41) is 6.79. The SMILES string of the molecule is CC1CCCNC1NC(=O)C1CCC(CN2CCC3CCCCC32)CC1. The fraction of sp³-hybridized carbons (Fsp3) is 0.955. The topological polar surface area (TPSA) is 44.4 Å². The molecule has 2 saturated carbocycles. The van der Waals surface area contributed by atoms with Gasteiger partial charge >= 0.3 is 0 Å². The normalized spacial score (nSPS) is 41.6. The van der Waals surface area contributed by atoms with E-state index < -0.39 is 0 Å². The molecule has 4 atom stereocenters. The molecule has 0 radical (unpaired) electrons. The molecule has 4 fully saturated rings. The molecule has 0 aromatic carbocycles. The van der Waals surface area contributed by atoms with Crippen LogP contribution in [0.5, 0.6) is 0 Å². The molecule has 2 saturated heterocycles. The number of hydrogen-bond donors (Lipinski definition) is 2. The zero-order valence-corrected chi connectivity index (χ0v) is 16.7. The number of carbonyl (C=O) groups excluding carboxylic acids is 1. The van der Waals surface area contributed by atoms with Gasteiger partial charge in [0.15, 0.2) is 0 Å². The van der Waals surface area contributed by atoms with Gasteiger partial charge in [-0.2, -0.15) is 0 Å². The second-order valence-electron chi connectivity index (χ2n) is 9.67. The highest BCUT2D eigenvalue weighted by atomic mass is 16.2. The Labute approximate surface area is 159 Å². The number of carbonyl (C=O) groups is 1. The van der Waals surface area contributed by atoms with Crippen molar-refractivity contribution in [2.24, 2.45) is 23.7 Å². The van der Waals surface area contributed by atoms with Crippen LogP contribution in [0.3, 0.4) is 0 Å². The van der Waals surface area contributed by atoms with Crippen molar-refractivity contribution < 1.29 is 4.79 Å². The van der Waals surface area contributed by atoms with Crippen LogP contribution in [-0.2, 0) is 4.79 Å². The zero-order chi connectivity index (χ0) is 17.9. The highest BCUT2D eigenvalue weighted by Crippen LogP contribution is 2.38. The molecule has 148 valence electrons. The summed E-state index contributed by atoms with van der Waals surface area (Å²) in [5.41, 5.74) is 0. The van der Waals surface area contributed by atoms with Crippen molar-refractivity contribution >= 4 is 5.91 Å². The van der Waals surface area contributed by atoms with Crippen molar-refractivity contribution in [2.45, 2.75) is 89.8 Å². The maximum Gasteiger partial charge on any atom is 0.224 e. The molecule has 26 heavy (non-hydrogen) atoms. The van der Waals surface area contributed by atoms with E-state index in [0.29, 0.717) is 11.8 Å². The van der Waals surface area contributed by atoms with E-state index >= 15 is 0 Å². The van der Waals surface area contributed by atoms with Gasteiger partial charge in [0.25, 0.3) is 0 Å². The monoisotopic (exact) mass is 361 g/mol. The Bertz CT molecular complexity index is 474. The van der Waals surface area contributed by atoms with E-state index in [1.807, 2.05) is 0 Å². The molecule has 2 aliphatic heterocycles. The second-order valence-corrected chi connectivity index (χ2v) is 9.67. The minimum absolute atomic E-state index is 0.196. The highest BCUT2D eigenvalue weighted by Gasteiger charge is 2.37. The molecule has 4 nitrogen and oxygen atoms in total. The molecule has 0 spiro atoms. The second kappa shape index (κ2) is 8.60. The lowest BCUT2D eigenvalue weighted by Gasteiger charge is -2.37. The fourth-order valence-electron chi connectivity index (χ4n) is 6.18. The van der Waals surface area contributed by atoms with Crippen LogP contribution < -0.4 is 10.6 Å². The van der Waals surface area contributed by atoms with Gasteiger partial charge in [0.2, 0.25) is 5.91 Å². The van der Waals surface area contributed by atoms with Crippen molar-refractivity contribution in [3.8, 4) is 0 Å². The average Bonchev–Trinajstić information content (AvgIpc) is 3.07. The molecule has 2 heterocycles. The third-order valence-electron chi connectivity index (χ3n) is 7.90. The Morgan fingerprint density at radius 2 is 1.81 bits per heavy atom. The van der Waals surface area contributed by atoms with Crippen molar-refractivity contribution in [3.05, 3.63) is 0 Å². The van der Waals surface area contributed by atoms with E-state index in [0.717, 1.165) is 37.3 Å². The van der Waals surface area contributed by atoms with E-state index in [2.05, 4.69) is 22.5 Å². The van der Waals surface area contributed by atoms with E-state index in [9.17, 15) is 4.79 Å². The van der Waals surface area contributed by atoms with E-state index in [4.69, 9.17) is 0 Å². The first-order valence-electron chi connectivity index (χ1n) is 11.5. The van der Waals surface area contributed by atoms with Crippen molar-refractivity contribution in [3.63, 3.8) is 0 Å². The van der Waals surface area contributed by atoms with E-state index in [1.54, 1.807) is 0 Å². The standard InChI is InChI=1S/C22H39N3O/c1-16-5-4-13-23-21(16)24-22(26)19-10-8-17(9-11-19)15-25-14-12-18-6-2-3-7-20(18)25/h16-21,23H,2-15H2,1H3,(H,24,26). The van der Waals surface area contributed by atoms with Gasteiger partial charge < -0.3 is 5.32 Å². The number of piperidine rings is 1. The molecule has 1 amide bonds. The van der Waals surface area contributed by atoms with Crippen LogP contribution >= 0.6 is 0 Å². The summed E-state index contributed by atoms with van der Waals surface area (Å²) in [6.07, 6.45) is 14.6. The van der Waals surface area contributed by atoms with Gasteiger partial charge in [-0.25, -0.2) is 0 Å². The Morgan fingerprint density at radius 1 is 1.00 bits per heavy atom. The minimum Gasteiger partial charge on any atom is -0.340 e. The molecule has 4 aliphatic rings. The molecule has 2 N–H and O–H groups in total. The fourth-order valence-corrected chi connectivity index (χ4v) is 6.18. The van der Waals surface area contributed by atoms with Crippen LogP contribution in [0.15, 0.2) is 0 Å². The van der Waals surface area contributed by atoms with E-state index in [1.165, 1.54) is 70.9 Å². The molecule has 4 unspecified atom stereocenters. The number of hydrogen-bond acceptors (Lipinski definition) is 3. The number of fused-ring (bicyclic) bond motifs is 1. The average molecular weight is 362 g/mol. The first-order valence-corrected chi connectivity index (χ1v) is 11.5.